The fraction of sp³-hybridized carbons (Fsp3) is 0.0476. The zero-order chi connectivity index (χ0) is 19.4. The monoisotopic (exact) mass is 366 g/mol. The van der Waals surface area contributed by atoms with Crippen LogP contribution in [0.1, 0.15) is 26.3 Å². The number of hydrogen-bond acceptors (Lipinski definition) is 2. The van der Waals surface area contributed by atoms with Crippen molar-refractivity contribution < 1.29 is 18.4 Å². The molecule has 0 spiro atoms. The molecule has 0 aliphatic carbocycles. The van der Waals surface area contributed by atoms with Gasteiger partial charge in [-0.25, -0.2) is 8.78 Å². The van der Waals surface area contributed by atoms with E-state index in [4.69, 9.17) is 0 Å². The summed E-state index contributed by atoms with van der Waals surface area (Å²) in [5, 5.41) is 5.33. The molecule has 0 aliphatic rings. The maximum Gasteiger partial charge on any atom is 0.257 e. The largest absolute Gasteiger partial charge is 0.322 e. The van der Waals surface area contributed by atoms with Crippen LogP contribution in [-0.4, -0.2) is 11.8 Å². The van der Waals surface area contributed by atoms with Crippen molar-refractivity contribution in [3.63, 3.8) is 0 Å². The smallest absolute Gasteiger partial charge is 0.257 e. The number of para-hydroxylation sites is 1. The number of nitrogens with one attached hydrogen (secondary N) is 2. The number of carbonyl (C=O) groups is 2. The molecule has 3 rings (SSSR count). The summed E-state index contributed by atoms with van der Waals surface area (Å²) in [6.07, 6.45) is 0. The normalized spacial score (nSPS) is 10.3. The van der Waals surface area contributed by atoms with Gasteiger partial charge in [-0.05, 0) is 55.0 Å². The minimum Gasteiger partial charge on any atom is -0.322 e. The first-order valence-electron chi connectivity index (χ1n) is 8.17. The molecular formula is C21H16F2N2O2. The van der Waals surface area contributed by atoms with E-state index in [0.717, 1.165) is 17.7 Å². The van der Waals surface area contributed by atoms with Gasteiger partial charge in [0, 0.05) is 11.3 Å². The van der Waals surface area contributed by atoms with E-state index >= 15 is 0 Å². The minimum absolute atomic E-state index is 0.0530. The lowest BCUT2D eigenvalue weighted by Crippen LogP contribution is -2.18. The van der Waals surface area contributed by atoms with Gasteiger partial charge < -0.3 is 10.6 Å². The molecule has 2 amide bonds. The van der Waals surface area contributed by atoms with Gasteiger partial charge in [0.25, 0.3) is 11.8 Å². The summed E-state index contributed by atoms with van der Waals surface area (Å²) in [5.41, 5.74) is 2.07. The van der Waals surface area contributed by atoms with Crippen molar-refractivity contribution in [3.05, 3.63) is 95.1 Å². The topological polar surface area (TPSA) is 58.2 Å². The Bertz CT molecular complexity index is 1020. The highest BCUT2D eigenvalue weighted by atomic mass is 19.2. The summed E-state index contributed by atoms with van der Waals surface area (Å²) >= 11 is 0. The standard InChI is InChI=1S/C21H16F2N2O2/c1-13-5-4-6-15(11-13)24-21(27)16-7-2-3-8-19(16)25-20(26)14-9-10-17(22)18(23)12-14/h2-12H,1H3,(H,24,27)(H,25,26). The average molecular weight is 366 g/mol. The van der Waals surface area contributed by atoms with E-state index in [1.807, 2.05) is 25.1 Å². The molecular weight excluding hydrogens is 350 g/mol. The first-order chi connectivity index (χ1) is 12.9. The Kier molecular flexibility index (Phi) is 5.26. The molecule has 0 heterocycles. The van der Waals surface area contributed by atoms with Crippen LogP contribution in [0.2, 0.25) is 0 Å². The van der Waals surface area contributed by atoms with E-state index in [1.165, 1.54) is 6.07 Å². The van der Waals surface area contributed by atoms with Crippen LogP contribution >= 0.6 is 0 Å². The Morgan fingerprint density at radius 2 is 1.56 bits per heavy atom. The lowest BCUT2D eigenvalue weighted by molar-refractivity contribution is 0.102. The van der Waals surface area contributed by atoms with Gasteiger partial charge in [-0.3, -0.25) is 9.59 Å². The highest BCUT2D eigenvalue weighted by Crippen LogP contribution is 2.19. The second-order valence-corrected chi connectivity index (χ2v) is 5.95. The lowest BCUT2D eigenvalue weighted by atomic mass is 10.1. The first-order valence-corrected chi connectivity index (χ1v) is 8.17. The van der Waals surface area contributed by atoms with Gasteiger partial charge in [0.1, 0.15) is 0 Å². The van der Waals surface area contributed by atoms with Gasteiger partial charge in [-0.1, -0.05) is 24.3 Å². The van der Waals surface area contributed by atoms with Crippen molar-refractivity contribution in [2.45, 2.75) is 6.92 Å². The highest BCUT2D eigenvalue weighted by molar-refractivity contribution is 6.12. The van der Waals surface area contributed by atoms with E-state index < -0.39 is 23.4 Å². The Hall–Kier alpha value is -3.54. The lowest BCUT2D eigenvalue weighted by Gasteiger charge is -2.12. The zero-order valence-electron chi connectivity index (χ0n) is 14.4. The van der Waals surface area contributed by atoms with Crippen molar-refractivity contribution in [3.8, 4) is 0 Å². The molecule has 0 saturated carbocycles. The van der Waals surface area contributed by atoms with Crippen LogP contribution in [0.5, 0.6) is 0 Å². The van der Waals surface area contributed by atoms with Gasteiger partial charge in [0.15, 0.2) is 11.6 Å². The van der Waals surface area contributed by atoms with Gasteiger partial charge in [-0.15, -0.1) is 0 Å². The van der Waals surface area contributed by atoms with Crippen LogP contribution in [0, 0.1) is 18.6 Å². The van der Waals surface area contributed by atoms with Crippen molar-refractivity contribution in [1.29, 1.82) is 0 Å². The molecule has 6 heteroatoms. The SMILES string of the molecule is Cc1cccc(NC(=O)c2ccccc2NC(=O)c2ccc(F)c(F)c2)c1. The highest BCUT2D eigenvalue weighted by Gasteiger charge is 2.15. The Labute approximate surface area is 154 Å². The molecule has 0 fully saturated rings. The summed E-state index contributed by atoms with van der Waals surface area (Å²) < 4.78 is 26.4. The average Bonchev–Trinajstić information content (AvgIpc) is 2.64. The summed E-state index contributed by atoms with van der Waals surface area (Å²) in [4.78, 5) is 24.9. The predicted molar refractivity (Wildman–Crippen MR) is 99.9 cm³/mol. The molecule has 2 N–H and O–H groups in total. The number of benzene rings is 3. The third-order valence-electron chi connectivity index (χ3n) is 3.88. The van der Waals surface area contributed by atoms with E-state index in [0.29, 0.717) is 5.69 Å². The fourth-order valence-corrected chi connectivity index (χ4v) is 2.54. The molecule has 3 aromatic carbocycles. The van der Waals surface area contributed by atoms with E-state index in [-0.39, 0.29) is 16.8 Å². The number of aryl methyl sites for hydroxylation is 1. The van der Waals surface area contributed by atoms with Crippen LogP contribution in [0.25, 0.3) is 0 Å². The maximum atomic E-state index is 13.3. The Morgan fingerprint density at radius 3 is 2.30 bits per heavy atom. The fourth-order valence-electron chi connectivity index (χ4n) is 2.54. The molecule has 4 nitrogen and oxygen atoms in total. The van der Waals surface area contributed by atoms with Crippen molar-refractivity contribution >= 4 is 23.2 Å². The molecule has 0 aromatic heterocycles. The summed E-state index contributed by atoms with van der Waals surface area (Å²) in [5.74, 6) is -3.20. The quantitative estimate of drug-likeness (QED) is 0.698. The van der Waals surface area contributed by atoms with E-state index in [1.54, 1.807) is 30.3 Å². The molecule has 0 saturated heterocycles. The summed E-state index contributed by atoms with van der Waals surface area (Å²) in [6.45, 7) is 1.91. The second kappa shape index (κ2) is 7.78. The third-order valence-corrected chi connectivity index (χ3v) is 3.88. The summed E-state index contributed by atoms with van der Waals surface area (Å²) in [6, 6.07) is 16.6. The molecule has 0 radical (unpaired) electrons. The van der Waals surface area contributed by atoms with E-state index in [2.05, 4.69) is 10.6 Å². The Morgan fingerprint density at radius 1 is 0.778 bits per heavy atom. The number of halogens is 2. The summed E-state index contributed by atoms with van der Waals surface area (Å²) in [7, 11) is 0. The Balaban J connectivity index is 1.82. The molecule has 0 bridgehead atoms. The van der Waals surface area contributed by atoms with Gasteiger partial charge in [-0.2, -0.15) is 0 Å². The first kappa shape index (κ1) is 18.3. The van der Waals surface area contributed by atoms with Crippen molar-refractivity contribution in [2.75, 3.05) is 10.6 Å². The number of rotatable bonds is 4. The van der Waals surface area contributed by atoms with Crippen molar-refractivity contribution in [1.82, 2.24) is 0 Å². The van der Waals surface area contributed by atoms with Gasteiger partial charge >= 0.3 is 0 Å². The van der Waals surface area contributed by atoms with Crippen LogP contribution in [-0.2, 0) is 0 Å². The third kappa shape index (κ3) is 4.36. The van der Waals surface area contributed by atoms with Crippen molar-refractivity contribution in [2.24, 2.45) is 0 Å². The molecule has 27 heavy (non-hydrogen) atoms. The molecule has 0 unspecified atom stereocenters. The molecule has 0 aliphatic heterocycles. The van der Waals surface area contributed by atoms with Gasteiger partial charge in [0.2, 0.25) is 0 Å². The van der Waals surface area contributed by atoms with Crippen LogP contribution in [0.15, 0.2) is 66.7 Å². The van der Waals surface area contributed by atoms with Gasteiger partial charge in [0.05, 0.1) is 11.3 Å². The number of carbonyl (C=O) groups excluding carboxylic acids is 2. The number of hydrogen-bond donors (Lipinski definition) is 2. The predicted octanol–water partition coefficient (Wildman–Crippen LogP) is 4.78. The zero-order valence-corrected chi connectivity index (χ0v) is 14.4. The van der Waals surface area contributed by atoms with Crippen LogP contribution in [0.3, 0.4) is 0 Å². The molecule has 0 atom stereocenters. The number of anilines is 2. The maximum absolute atomic E-state index is 13.3. The van der Waals surface area contributed by atoms with E-state index in [9.17, 15) is 18.4 Å². The second-order valence-electron chi connectivity index (χ2n) is 5.95. The van der Waals surface area contributed by atoms with Crippen LogP contribution in [0.4, 0.5) is 20.2 Å². The molecule has 136 valence electrons. The molecule has 3 aromatic rings. The minimum atomic E-state index is -1.12. The number of amides is 2. The van der Waals surface area contributed by atoms with Crippen LogP contribution < -0.4 is 10.6 Å².